The third-order valence-corrected chi connectivity index (χ3v) is 3.73. The number of rotatable bonds is 6. The Kier molecular flexibility index (Phi) is 6.72. The minimum absolute atomic E-state index is 0.0855. The zero-order chi connectivity index (χ0) is 14.3. The van der Waals surface area contributed by atoms with Gasteiger partial charge in [0.25, 0.3) is 0 Å². The van der Waals surface area contributed by atoms with Crippen LogP contribution in [0, 0.1) is 0 Å². The van der Waals surface area contributed by atoms with Crippen LogP contribution in [0.4, 0.5) is 5.69 Å². The van der Waals surface area contributed by atoms with Crippen molar-refractivity contribution in [2.75, 3.05) is 24.6 Å². The lowest BCUT2D eigenvalue weighted by Gasteiger charge is -2.07. The lowest BCUT2D eigenvalue weighted by molar-refractivity contribution is -0.120. The van der Waals surface area contributed by atoms with Gasteiger partial charge in [-0.05, 0) is 18.2 Å². The van der Waals surface area contributed by atoms with Crippen LogP contribution >= 0.6 is 27.7 Å². The van der Waals surface area contributed by atoms with E-state index in [0.717, 1.165) is 9.37 Å². The van der Waals surface area contributed by atoms with E-state index >= 15 is 0 Å². The number of carbonyl (C=O) groups is 2. The number of anilines is 1. The summed E-state index contributed by atoms with van der Waals surface area (Å²) in [6, 6.07) is 5.55. The van der Waals surface area contributed by atoms with Crippen LogP contribution in [-0.4, -0.2) is 30.7 Å². The molecular formula is C12H16BrN3O2S. The van der Waals surface area contributed by atoms with Gasteiger partial charge in [-0.15, -0.1) is 11.8 Å². The zero-order valence-electron chi connectivity index (χ0n) is 10.5. The second kappa shape index (κ2) is 8.06. The summed E-state index contributed by atoms with van der Waals surface area (Å²) in [5.74, 6) is 0.107. The molecular weight excluding hydrogens is 330 g/mol. The number of thioether (sulfide) groups is 1. The molecule has 0 heterocycles. The third-order valence-electron chi connectivity index (χ3n) is 2.15. The molecule has 7 heteroatoms. The van der Waals surface area contributed by atoms with Crippen LogP contribution in [0.15, 0.2) is 27.6 Å². The van der Waals surface area contributed by atoms with Crippen LogP contribution in [0.2, 0.25) is 0 Å². The molecule has 1 rings (SSSR count). The van der Waals surface area contributed by atoms with Gasteiger partial charge in [-0.2, -0.15) is 0 Å². The number of hydrogen-bond acceptors (Lipinski definition) is 4. The van der Waals surface area contributed by atoms with Crippen LogP contribution in [0.1, 0.15) is 6.92 Å². The Morgan fingerprint density at radius 3 is 2.63 bits per heavy atom. The van der Waals surface area contributed by atoms with Crippen molar-refractivity contribution in [3.05, 3.63) is 22.7 Å². The predicted molar refractivity (Wildman–Crippen MR) is 81.0 cm³/mol. The number of hydrogen-bond donors (Lipinski definition) is 3. The fourth-order valence-electron chi connectivity index (χ4n) is 1.29. The molecule has 1 aromatic carbocycles. The van der Waals surface area contributed by atoms with Gasteiger partial charge in [0.05, 0.1) is 5.75 Å². The van der Waals surface area contributed by atoms with E-state index in [-0.39, 0.29) is 11.8 Å². The Labute approximate surface area is 124 Å². The van der Waals surface area contributed by atoms with E-state index in [4.69, 9.17) is 5.73 Å². The molecule has 104 valence electrons. The first-order valence-electron chi connectivity index (χ1n) is 5.68. The maximum Gasteiger partial charge on any atom is 0.230 e. The van der Waals surface area contributed by atoms with Crippen molar-refractivity contribution in [1.82, 2.24) is 10.6 Å². The van der Waals surface area contributed by atoms with E-state index in [9.17, 15) is 9.59 Å². The summed E-state index contributed by atoms with van der Waals surface area (Å²) >= 11 is 4.71. The number of nitrogens with one attached hydrogen (secondary N) is 2. The molecule has 0 spiro atoms. The van der Waals surface area contributed by atoms with Crippen molar-refractivity contribution in [2.24, 2.45) is 0 Å². The van der Waals surface area contributed by atoms with Gasteiger partial charge >= 0.3 is 0 Å². The summed E-state index contributed by atoms with van der Waals surface area (Å²) in [6.07, 6.45) is 0. The average Bonchev–Trinajstić information content (AvgIpc) is 2.33. The zero-order valence-corrected chi connectivity index (χ0v) is 12.9. The first-order chi connectivity index (χ1) is 8.99. The summed E-state index contributed by atoms with van der Waals surface area (Å²) in [7, 11) is 0. The Hall–Kier alpha value is -1.21. The molecule has 5 nitrogen and oxygen atoms in total. The minimum Gasteiger partial charge on any atom is -0.398 e. The van der Waals surface area contributed by atoms with Gasteiger partial charge in [0, 0.05) is 35.1 Å². The largest absolute Gasteiger partial charge is 0.398 e. The first kappa shape index (κ1) is 15.8. The van der Waals surface area contributed by atoms with Crippen LogP contribution in [-0.2, 0) is 9.59 Å². The molecule has 0 bridgehead atoms. The highest BCUT2D eigenvalue weighted by molar-refractivity contribution is 9.10. The lowest BCUT2D eigenvalue weighted by Crippen LogP contribution is -2.34. The highest BCUT2D eigenvalue weighted by Crippen LogP contribution is 2.27. The Morgan fingerprint density at radius 1 is 1.32 bits per heavy atom. The van der Waals surface area contributed by atoms with Crippen molar-refractivity contribution >= 4 is 45.2 Å². The topological polar surface area (TPSA) is 84.2 Å². The van der Waals surface area contributed by atoms with Gasteiger partial charge in [-0.25, -0.2) is 0 Å². The first-order valence-corrected chi connectivity index (χ1v) is 7.46. The number of nitrogen functional groups attached to an aromatic ring is 1. The van der Waals surface area contributed by atoms with Gasteiger partial charge in [-0.1, -0.05) is 15.9 Å². The summed E-state index contributed by atoms with van der Waals surface area (Å²) in [5, 5.41) is 5.32. The number of carbonyl (C=O) groups excluding carboxylic acids is 2. The molecule has 0 atom stereocenters. The predicted octanol–water partition coefficient (Wildman–Crippen LogP) is 1.38. The monoisotopic (exact) mass is 345 g/mol. The van der Waals surface area contributed by atoms with E-state index in [1.54, 1.807) is 6.07 Å². The SMILES string of the molecule is CC(=O)NCCNC(=O)CSc1ccc(Br)cc1N. The van der Waals surface area contributed by atoms with Gasteiger partial charge in [0.1, 0.15) is 0 Å². The summed E-state index contributed by atoms with van der Waals surface area (Å²) in [6.45, 7) is 2.30. The van der Waals surface area contributed by atoms with Crippen LogP contribution in [0.25, 0.3) is 0 Å². The highest BCUT2D eigenvalue weighted by atomic mass is 79.9. The molecule has 0 fully saturated rings. The standard InChI is InChI=1S/C12H16BrN3O2S/c1-8(17)15-4-5-16-12(18)7-19-11-3-2-9(13)6-10(11)14/h2-3,6H,4-5,7,14H2,1H3,(H,15,17)(H,16,18). The maximum atomic E-state index is 11.5. The van der Waals surface area contributed by atoms with Crippen molar-refractivity contribution in [1.29, 1.82) is 0 Å². The van der Waals surface area contributed by atoms with Crippen molar-refractivity contribution < 1.29 is 9.59 Å². The molecule has 0 aliphatic carbocycles. The van der Waals surface area contributed by atoms with Crippen LogP contribution in [0.3, 0.4) is 0 Å². The number of benzene rings is 1. The number of amides is 2. The Balaban J connectivity index is 2.28. The fraction of sp³-hybridized carbons (Fsp3) is 0.333. The van der Waals surface area contributed by atoms with Gasteiger partial charge < -0.3 is 16.4 Å². The quantitative estimate of drug-likeness (QED) is 0.413. The summed E-state index contributed by atoms with van der Waals surface area (Å²) < 4.78 is 0.911. The second-order valence-corrected chi connectivity index (χ2v) is 5.74. The highest BCUT2D eigenvalue weighted by Gasteiger charge is 2.05. The number of halogens is 1. The number of nitrogens with two attached hydrogens (primary N) is 1. The fourth-order valence-corrected chi connectivity index (χ4v) is 2.44. The Morgan fingerprint density at radius 2 is 2.00 bits per heavy atom. The van der Waals surface area contributed by atoms with Crippen molar-refractivity contribution in [3.8, 4) is 0 Å². The molecule has 1 aromatic rings. The molecule has 0 aromatic heterocycles. The maximum absolute atomic E-state index is 11.5. The Bertz CT molecular complexity index is 468. The molecule has 4 N–H and O–H groups in total. The summed E-state index contributed by atoms with van der Waals surface area (Å²) in [4.78, 5) is 23.0. The molecule has 0 unspecified atom stereocenters. The third kappa shape index (κ3) is 6.49. The van der Waals surface area contributed by atoms with E-state index in [1.807, 2.05) is 12.1 Å². The second-order valence-electron chi connectivity index (χ2n) is 3.80. The normalized spacial score (nSPS) is 10.0. The van der Waals surface area contributed by atoms with Gasteiger partial charge in [0.2, 0.25) is 11.8 Å². The molecule has 0 saturated heterocycles. The smallest absolute Gasteiger partial charge is 0.230 e. The average molecular weight is 346 g/mol. The van der Waals surface area contributed by atoms with Crippen molar-refractivity contribution in [3.63, 3.8) is 0 Å². The minimum atomic E-state index is -0.105. The van der Waals surface area contributed by atoms with Gasteiger partial charge in [0.15, 0.2) is 0 Å². The van der Waals surface area contributed by atoms with Crippen LogP contribution < -0.4 is 16.4 Å². The molecule has 0 aliphatic heterocycles. The lowest BCUT2D eigenvalue weighted by atomic mass is 10.3. The van der Waals surface area contributed by atoms with Gasteiger partial charge in [-0.3, -0.25) is 9.59 Å². The van der Waals surface area contributed by atoms with E-state index in [0.29, 0.717) is 24.5 Å². The summed E-state index contributed by atoms with van der Waals surface area (Å²) in [5.41, 5.74) is 6.48. The molecule has 0 aliphatic rings. The van der Waals surface area contributed by atoms with E-state index in [2.05, 4.69) is 26.6 Å². The van der Waals surface area contributed by atoms with E-state index < -0.39 is 0 Å². The molecule has 19 heavy (non-hydrogen) atoms. The molecule has 0 saturated carbocycles. The molecule has 2 amide bonds. The van der Waals surface area contributed by atoms with Crippen molar-refractivity contribution in [2.45, 2.75) is 11.8 Å². The molecule has 0 radical (unpaired) electrons. The van der Waals surface area contributed by atoms with E-state index in [1.165, 1.54) is 18.7 Å². The van der Waals surface area contributed by atoms with Crippen LogP contribution in [0.5, 0.6) is 0 Å².